The fourth-order valence-corrected chi connectivity index (χ4v) is 11.0. The Hall–Kier alpha value is -9.25. The summed E-state index contributed by atoms with van der Waals surface area (Å²) in [5, 5.41) is 15.3. The van der Waals surface area contributed by atoms with Crippen molar-refractivity contribution < 1.29 is 0 Å². The molecule has 0 saturated carbocycles. The fourth-order valence-electron chi connectivity index (χ4n) is 11.0. The second-order valence-corrected chi connectivity index (χ2v) is 18.3. The number of nitrogens with zero attached hydrogens (tertiary/aromatic N) is 3. The Labute approximate surface area is 405 Å². The van der Waals surface area contributed by atoms with Crippen molar-refractivity contribution in [1.29, 1.82) is 0 Å². The van der Waals surface area contributed by atoms with Crippen molar-refractivity contribution in [2.45, 2.75) is 6.04 Å². The molecule has 2 aliphatic rings. The molecule has 10 aromatic carbocycles. The first kappa shape index (κ1) is 39.9. The number of hydrogen-bond acceptors (Lipinski definition) is 4. The van der Waals surface area contributed by atoms with E-state index in [4.69, 9.17) is 9.97 Å². The molecular weight excluding hydrogens is 849 g/mol. The Morgan fingerprint density at radius 1 is 0.386 bits per heavy atom. The molecule has 0 amide bonds. The number of para-hydroxylation sites is 1. The number of fused-ring (bicyclic) bond motifs is 9. The lowest BCUT2D eigenvalue weighted by molar-refractivity contribution is 0.798. The molecule has 0 bridgehead atoms. The van der Waals surface area contributed by atoms with Gasteiger partial charge in [-0.15, -0.1) is 0 Å². The number of dihydropyridines is 1. The van der Waals surface area contributed by atoms with Crippen LogP contribution in [0.3, 0.4) is 0 Å². The largest absolute Gasteiger partial charge is 0.381 e. The number of nitrogens with one attached hydrogen (secondary N) is 1. The Morgan fingerprint density at radius 3 is 1.73 bits per heavy atom. The van der Waals surface area contributed by atoms with Crippen LogP contribution in [0.1, 0.15) is 5.56 Å². The van der Waals surface area contributed by atoms with Crippen LogP contribution in [-0.2, 0) is 0 Å². The van der Waals surface area contributed by atoms with Gasteiger partial charge in [0, 0.05) is 33.7 Å². The minimum absolute atomic E-state index is 0.154. The monoisotopic (exact) mass is 890 g/mol. The molecular formula is C66H42N4. The van der Waals surface area contributed by atoms with E-state index in [2.05, 4.69) is 241 Å². The Morgan fingerprint density at radius 2 is 0.986 bits per heavy atom. The van der Waals surface area contributed by atoms with Gasteiger partial charge in [0.15, 0.2) is 5.82 Å². The standard InChI is InChI=1S/C66H42N4/c1-3-15-48-45(13-1)37-58(54-19-7-5-17-52(48)54)47-39-60(59-38-46-14-2-4-16-49(46)53-18-6-8-20-55(53)59)65-61(40-47)64(43-29-25-41(26-30-43)50-33-35-67-62-23-11-9-21-56(50)62)69-66(70-65)44-31-27-42(28-32-44)51-34-36-68-63-24-12-10-22-57(51)63/h1-40,63,68H. The van der Waals surface area contributed by atoms with E-state index >= 15 is 0 Å². The van der Waals surface area contributed by atoms with Crippen molar-refractivity contribution in [1.82, 2.24) is 20.3 Å². The quantitative estimate of drug-likeness (QED) is 0.169. The van der Waals surface area contributed by atoms with Crippen LogP contribution in [0.5, 0.6) is 0 Å². The molecule has 0 radical (unpaired) electrons. The minimum Gasteiger partial charge on any atom is -0.381 e. The van der Waals surface area contributed by atoms with Gasteiger partial charge in [-0.3, -0.25) is 4.98 Å². The van der Waals surface area contributed by atoms with E-state index in [1.54, 1.807) is 0 Å². The zero-order valence-corrected chi connectivity index (χ0v) is 38.0. The number of benzene rings is 10. The third kappa shape index (κ3) is 6.57. The van der Waals surface area contributed by atoms with Gasteiger partial charge in [-0.25, -0.2) is 9.97 Å². The van der Waals surface area contributed by atoms with Crippen LogP contribution in [0, 0.1) is 0 Å². The van der Waals surface area contributed by atoms with Gasteiger partial charge < -0.3 is 5.32 Å². The fraction of sp³-hybridized carbons (Fsp3) is 0.0152. The van der Waals surface area contributed by atoms with Gasteiger partial charge in [-0.05, 0) is 136 Å². The average Bonchev–Trinajstić information content (AvgIpc) is 3.44. The predicted octanol–water partition coefficient (Wildman–Crippen LogP) is 16.5. The third-order valence-corrected chi connectivity index (χ3v) is 14.4. The molecule has 3 heterocycles. The summed E-state index contributed by atoms with van der Waals surface area (Å²) < 4.78 is 0. The lowest BCUT2D eigenvalue weighted by Gasteiger charge is -2.24. The second-order valence-electron chi connectivity index (χ2n) is 18.3. The summed E-state index contributed by atoms with van der Waals surface area (Å²) in [4.78, 5) is 16.0. The maximum absolute atomic E-state index is 5.67. The van der Waals surface area contributed by atoms with Gasteiger partial charge in [0.05, 0.1) is 22.8 Å². The lowest BCUT2D eigenvalue weighted by Crippen LogP contribution is -2.27. The van der Waals surface area contributed by atoms with Crippen LogP contribution in [0.2, 0.25) is 0 Å². The maximum Gasteiger partial charge on any atom is 0.160 e. The van der Waals surface area contributed by atoms with Crippen LogP contribution in [0.25, 0.3) is 126 Å². The van der Waals surface area contributed by atoms with Gasteiger partial charge in [0.1, 0.15) is 0 Å². The first-order valence-electron chi connectivity index (χ1n) is 23.9. The van der Waals surface area contributed by atoms with Gasteiger partial charge in [-0.1, -0.05) is 188 Å². The molecule has 4 nitrogen and oxygen atoms in total. The highest BCUT2D eigenvalue weighted by Crippen LogP contribution is 2.45. The van der Waals surface area contributed by atoms with Gasteiger partial charge in [-0.2, -0.15) is 0 Å². The molecule has 4 heteroatoms. The number of allylic oxidation sites excluding steroid dienone is 4. The molecule has 2 aromatic heterocycles. The van der Waals surface area contributed by atoms with E-state index in [-0.39, 0.29) is 6.04 Å². The summed E-state index contributed by atoms with van der Waals surface area (Å²) in [5.41, 5.74) is 15.1. The molecule has 0 fully saturated rings. The zero-order valence-electron chi connectivity index (χ0n) is 38.0. The van der Waals surface area contributed by atoms with Crippen molar-refractivity contribution >= 4 is 70.5 Å². The maximum atomic E-state index is 5.67. The number of rotatable bonds is 6. The highest BCUT2D eigenvalue weighted by molar-refractivity contribution is 6.19. The van der Waals surface area contributed by atoms with Crippen molar-refractivity contribution in [2.75, 3.05) is 0 Å². The van der Waals surface area contributed by atoms with Gasteiger partial charge in [0.25, 0.3) is 0 Å². The highest BCUT2D eigenvalue weighted by atomic mass is 14.9. The van der Waals surface area contributed by atoms with Crippen LogP contribution in [0.4, 0.5) is 0 Å². The van der Waals surface area contributed by atoms with E-state index < -0.39 is 0 Å². The van der Waals surface area contributed by atoms with Crippen molar-refractivity contribution in [3.63, 3.8) is 0 Å². The summed E-state index contributed by atoms with van der Waals surface area (Å²) >= 11 is 0. The van der Waals surface area contributed by atoms with Crippen molar-refractivity contribution in [3.05, 3.63) is 254 Å². The Kier molecular flexibility index (Phi) is 9.24. The summed E-state index contributed by atoms with van der Waals surface area (Å²) in [6, 6.07) is 72.8. The first-order chi connectivity index (χ1) is 34.7. The first-order valence-corrected chi connectivity index (χ1v) is 23.9. The summed E-state index contributed by atoms with van der Waals surface area (Å²) in [5.74, 6) is 0.672. The molecule has 0 spiro atoms. The summed E-state index contributed by atoms with van der Waals surface area (Å²) in [6.45, 7) is 0. The van der Waals surface area contributed by atoms with Crippen LogP contribution in [0.15, 0.2) is 249 Å². The molecule has 326 valence electrons. The van der Waals surface area contributed by atoms with E-state index in [1.165, 1.54) is 59.8 Å². The van der Waals surface area contributed by atoms with Crippen LogP contribution in [-0.4, -0.2) is 21.0 Å². The zero-order chi connectivity index (χ0) is 46.1. The molecule has 1 aliphatic carbocycles. The van der Waals surface area contributed by atoms with E-state index in [1.807, 2.05) is 12.3 Å². The second kappa shape index (κ2) is 16.2. The highest BCUT2D eigenvalue weighted by Gasteiger charge is 2.22. The molecule has 1 aliphatic heterocycles. The molecule has 1 N–H and O–H groups in total. The average molecular weight is 891 g/mol. The van der Waals surface area contributed by atoms with E-state index in [0.29, 0.717) is 5.82 Å². The number of hydrogen-bond donors (Lipinski definition) is 1. The summed E-state index contributed by atoms with van der Waals surface area (Å²) in [6.07, 6.45) is 14.7. The normalized spacial score (nSPS) is 14.3. The van der Waals surface area contributed by atoms with Gasteiger partial charge >= 0.3 is 0 Å². The molecule has 70 heavy (non-hydrogen) atoms. The van der Waals surface area contributed by atoms with Crippen LogP contribution >= 0.6 is 0 Å². The van der Waals surface area contributed by atoms with E-state index in [0.717, 1.165) is 72.0 Å². The summed E-state index contributed by atoms with van der Waals surface area (Å²) in [7, 11) is 0. The third-order valence-electron chi connectivity index (χ3n) is 14.4. The van der Waals surface area contributed by atoms with Crippen LogP contribution < -0.4 is 5.32 Å². The smallest absolute Gasteiger partial charge is 0.160 e. The number of pyridine rings is 1. The molecule has 1 unspecified atom stereocenters. The number of aromatic nitrogens is 3. The lowest BCUT2D eigenvalue weighted by atomic mass is 9.87. The van der Waals surface area contributed by atoms with Crippen molar-refractivity contribution in [3.8, 4) is 56.0 Å². The van der Waals surface area contributed by atoms with Crippen molar-refractivity contribution in [2.24, 2.45) is 0 Å². The molecule has 1 atom stereocenters. The van der Waals surface area contributed by atoms with Gasteiger partial charge in [0.2, 0.25) is 0 Å². The Bertz CT molecular complexity index is 4250. The topological polar surface area (TPSA) is 50.7 Å². The minimum atomic E-state index is 0.154. The van der Waals surface area contributed by atoms with E-state index in [9.17, 15) is 0 Å². The Balaban J connectivity index is 1.05. The molecule has 12 aromatic rings. The predicted molar refractivity (Wildman–Crippen MR) is 293 cm³/mol. The molecule has 14 rings (SSSR count). The SMILES string of the molecule is C1=CC2=C(c3ccc(-c4nc(-c5ccc(-c6ccnc7ccccc67)cc5)c5cc(-c6cc7ccccc7c7ccccc67)cc(-c6cc7ccccc7c7ccccc67)c5n4)cc3)C=CNC2C=C1. The molecule has 0 saturated heterocycles.